The highest BCUT2D eigenvalue weighted by Crippen LogP contribution is 2.55. The normalized spacial score (nSPS) is 13.6. The van der Waals surface area contributed by atoms with Gasteiger partial charge in [0.1, 0.15) is 0 Å². The van der Waals surface area contributed by atoms with Crippen molar-refractivity contribution in [3.05, 3.63) is 59.7 Å². The van der Waals surface area contributed by atoms with Crippen molar-refractivity contribution < 1.29 is 57.2 Å². The van der Waals surface area contributed by atoms with Crippen LogP contribution in [-0.4, -0.2) is 57.9 Å². The van der Waals surface area contributed by atoms with Gasteiger partial charge in [0.15, 0.2) is 11.7 Å². The third-order valence-electron chi connectivity index (χ3n) is 4.08. The fourth-order valence-corrected chi connectivity index (χ4v) is 4.20. The Bertz CT molecular complexity index is 897. The van der Waals surface area contributed by atoms with Crippen molar-refractivity contribution in [2.24, 2.45) is 0 Å². The lowest BCUT2D eigenvalue weighted by Gasteiger charge is -2.22. The van der Waals surface area contributed by atoms with Gasteiger partial charge in [0.05, 0.1) is 37.6 Å². The minimum Gasteiger partial charge on any atom is -0.463 e. The van der Waals surface area contributed by atoms with Gasteiger partial charge in [0.25, 0.3) is 0 Å². The third kappa shape index (κ3) is 9.25. The highest BCUT2D eigenvalue weighted by atomic mass is 31.2. The van der Waals surface area contributed by atoms with Crippen LogP contribution < -0.4 is 0 Å². The highest BCUT2D eigenvalue weighted by molar-refractivity contribution is 7.52. The number of rotatable bonds is 14. The van der Waals surface area contributed by atoms with Gasteiger partial charge in [-0.25, -0.2) is 9.59 Å². The summed E-state index contributed by atoms with van der Waals surface area (Å²) in [4.78, 5) is 61.9. The van der Waals surface area contributed by atoms with Gasteiger partial charge in [-0.3, -0.25) is 9.13 Å². The molecule has 0 bridgehead atoms. The summed E-state index contributed by atoms with van der Waals surface area (Å²) in [5.41, 5.74) is -0.384. The zero-order chi connectivity index (χ0) is 26.1. The molecular formula is C20H28O12P2. The van der Waals surface area contributed by atoms with Gasteiger partial charge in [0.2, 0.25) is 0 Å². The summed E-state index contributed by atoms with van der Waals surface area (Å²) in [6, 6.07) is 4.72. The lowest BCUT2D eigenvalue weighted by atomic mass is 10.1. The summed E-state index contributed by atoms with van der Waals surface area (Å²) in [7, 11) is -9.76. The van der Waals surface area contributed by atoms with Crippen LogP contribution in [0.15, 0.2) is 48.6 Å². The summed E-state index contributed by atoms with van der Waals surface area (Å²) in [6.45, 7) is 9.16. The fraction of sp³-hybridized carbons (Fsp3) is 0.400. The molecule has 1 aromatic rings. The van der Waals surface area contributed by atoms with E-state index in [0.29, 0.717) is 0 Å². The van der Waals surface area contributed by atoms with Crippen molar-refractivity contribution in [1.29, 1.82) is 0 Å². The van der Waals surface area contributed by atoms with Gasteiger partial charge in [-0.2, -0.15) is 0 Å². The smallest absolute Gasteiger partial charge is 0.358 e. The largest absolute Gasteiger partial charge is 0.463 e. The summed E-state index contributed by atoms with van der Waals surface area (Å²) in [6.07, 6.45) is 0. The Balaban J connectivity index is 3.06. The van der Waals surface area contributed by atoms with E-state index < -0.39 is 52.0 Å². The Morgan fingerprint density at radius 2 is 1.06 bits per heavy atom. The molecule has 0 aromatic heterocycles. The predicted molar refractivity (Wildman–Crippen MR) is 119 cm³/mol. The van der Waals surface area contributed by atoms with E-state index >= 15 is 0 Å². The summed E-state index contributed by atoms with van der Waals surface area (Å²) >= 11 is 0. The van der Waals surface area contributed by atoms with Crippen molar-refractivity contribution in [2.45, 2.75) is 25.5 Å². The summed E-state index contributed by atoms with van der Waals surface area (Å²) in [5.74, 6) is -5.14. The molecule has 0 spiro atoms. The van der Waals surface area contributed by atoms with Crippen molar-refractivity contribution in [3.63, 3.8) is 0 Å². The minimum atomic E-state index is -4.88. The maximum Gasteiger partial charge on any atom is 0.358 e. The Morgan fingerprint density at radius 1 is 0.765 bits per heavy atom. The molecule has 0 aliphatic heterocycles. The standard InChI is InChI=1S/C20H28O12P2/c1-5-29-17(21)13(3)11-31-19(33(23,24)25)15-7-9-16(10-8-15)20(34(26,27)28)32-12-14(4)18(22)30-6-2/h7-10,19-20H,3-6,11-12H2,1-2H3,(H2,23,24,25)(H2,26,27,28). The molecule has 190 valence electrons. The van der Waals surface area contributed by atoms with Crippen molar-refractivity contribution >= 4 is 27.1 Å². The van der Waals surface area contributed by atoms with E-state index in [4.69, 9.17) is 18.9 Å². The molecule has 0 radical (unpaired) electrons. The first-order valence-electron chi connectivity index (χ1n) is 9.85. The topological polar surface area (TPSA) is 186 Å². The number of carbonyl (C=O) groups is 2. The first kappa shape index (κ1) is 29.9. The summed E-state index contributed by atoms with van der Waals surface area (Å²) < 4.78 is 43.7. The second-order valence-corrected chi connectivity index (χ2v) is 10.1. The first-order valence-corrected chi connectivity index (χ1v) is 13.2. The molecule has 12 nitrogen and oxygen atoms in total. The molecule has 4 N–H and O–H groups in total. The Kier molecular flexibility index (Phi) is 11.5. The average Bonchev–Trinajstić information content (AvgIpc) is 2.73. The number of hydrogen-bond acceptors (Lipinski definition) is 8. The lowest BCUT2D eigenvalue weighted by molar-refractivity contribution is -0.140. The van der Waals surface area contributed by atoms with Gasteiger partial charge in [-0.15, -0.1) is 0 Å². The van der Waals surface area contributed by atoms with Crippen LogP contribution in [0.5, 0.6) is 0 Å². The van der Waals surface area contributed by atoms with Crippen LogP contribution in [0.2, 0.25) is 0 Å². The van der Waals surface area contributed by atoms with Gasteiger partial charge < -0.3 is 38.5 Å². The third-order valence-corrected chi connectivity index (χ3v) is 6.19. The number of carbonyl (C=O) groups excluding carboxylic acids is 2. The molecule has 34 heavy (non-hydrogen) atoms. The Hall–Kier alpha value is -2.14. The Labute approximate surface area is 196 Å². The Morgan fingerprint density at radius 3 is 1.29 bits per heavy atom. The van der Waals surface area contributed by atoms with E-state index in [2.05, 4.69) is 13.2 Å². The molecule has 0 heterocycles. The van der Waals surface area contributed by atoms with Crippen LogP contribution in [0.3, 0.4) is 0 Å². The van der Waals surface area contributed by atoms with Gasteiger partial charge in [-0.05, 0) is 25.0 Å². The highest BCUT2D eigenvalue weighted by Gasteiger charge is 2.35. The first-order chi connectivity index (χ1) is 15.7. The van der Waals surface area contributed by atoms with E-state index in [1.807, 2.05) is 0 Å². The maximum atomic E-state index is 11.9. The molecular weight excluding hydrogens is 494 g/mol. The van der Waals surface area contributed by atoms with E-state index in [0.717, 1.165) is 0 Å². The van der Waals surface area contributed by atoms with Crippen LogP contribution in [0.25, 0.3) is 0 Å². The van der Waals surface area contributed by atoms with E-state index in [1.165, 1.54) is 24.3 Å². The molecule has 0 fully saturated rings. The van der Waals surface area contributed by atoms with Crippen LogP contribution in [0, 0.1) is 0 Å². The minimum absolute atomic E-state index is 0.0332. The molecule has 1 aromatic carbocycles. The van der Waals surface area contributed by atoms with Crippen molar-refractivity contribution in [1.82, 2.24) is 0 Å². The quantitative estimate of drug-likeness (QED) is 0.159. The SMILES string of the molecule is C=C(COC(c1ccc(C(OCC(=C)C(=O)OCC)P(=O)(O)O)cc1)P(=O)(O)O)C(=O)OCC. The molecule has 0 saturated carbocycles. The molecule has 0 aliphatic carbocycles. The average molecular weight is 522 g/mol. The second-order valence-electron chi connectivity index (χ2n) is 6.82. The van der Waals surface area contributed by atoms with Crippen molar-refractivity contribution in [3.8, 4) is 0 Å². The molecule has 0 aliphatic rings. The lowest BCUT2D eigenvalue weighted by Crippen LogP contribution is -2.15. The van der Waals surface area contributed by atoms with Crippen molar-refractivity contribution in [2.75, 3.05) is 26.4 Å². The summed E-state index contributed by atoms with van der Waals surface area (Å²) in [5, 5.41) is 0. The number of hydrogen-bond donors (Lipinski definition) is 4. The molecule has 14 heteroatoms. The molecule has 1 rings (SSSR count). The molecule has 0 amide bonds. The van der Waals surface area contributed by atoms with Gasteiger partial charge in [-0.1, -0.05) is 37.4 Å². The van der Waals surface area contributed by atoms with E-state index in [1.54, 1.807) is 13.8 Å². The van der Waals surface area contributed by atoms with Crippen LogP contribution in [-0.2, 0) is 37.7 Å². The second kappa shape index (κ2) is 13.1. The van der Waals surface area contributed by atoms with E-state index in [-0.39, 0.29) is 35.5 Å². The van der Waals surface area contributed by atoms with E-state index in [9.17, 15) is 38.3 Å². The maximum absolute atomic E-state index is 11.9. The zero-order valence-electron chi connectivity index (χ0n) is 18.7. The zero-order valence-corrected chi connectivity index (χ0v) is 20.4. The predicted octanol–water partition coefficient (Wildman–Crippen LogP) is 2.31. The van der Waals surface area contributed by atoms with Crippen LogP contribution in [0.1, 0.15) is 36.7 Å². The van der Waals surface area contributed by atoms with Crippen LogP contribution in [0.4, 0.5) is 0 Å². The number of esters is 2. The number of ether oxygens (including phenoxy) is 4. The van der Waals surface area contributed by atoms with Gasteiger partial charge in [0, 0.05) is 0 Å². The molecule has 0 saturated heterocycles. The molecule has 2 unspecified atom stereocenters. The number of benzene rings is 1. The monoisotopic (exact) mass is 522 g/mol. The van der Waals surface area contributed by atoms with Gasteiger partial charge >= 0.3 is 27.1 Å². The fourth-order valence-electron chi connectivity index (χ4n) is 2.54. The van der Waals surface area contributed by atoms with Crippen LogP contribution >= 0.6 is 15.2 Å². The molecule has 2 atom stereocenters.